The fourth-order valence-corrected chi connectivity index (χ4v) is 15.5. The Balaban J connectivity index is -0.000000774. The molecule has 5 aromatic carbocycles. The summed E-state index contributed by atoms with van der Waals surface area (Å²) < 4.78 is 32.7. The van der Waals surface area contributed by atoms with Crippen LogP contribution >= 0.6 is 49.8 Å². The number of carbonyl (C=O) groups excluding carboxylic acids is 6. The van der Waals surface area contributed by atoms with Crippen molar-refractivity contribution in [3.05, 3.63) is 159 Å². The minimum Gasteiger partial charge on any atom is -0.466 e. The minimum absolute atomic E-state index is 0. The van der Waals surface area contributed by atoms with E-state index in [1.54, 1.807) is 73.8 Å². The molecule has 5 atom stereocenters. The Morgan fingerprint density at radius 2 is 0.736 bits per heavy atom. The number of anilines is 4. The molecule has 0 spiro atoms. The van der Waals surface area contributed by atoms with E-state index in [1.807, 2.05) is 112 Å². The molecule has 5 saturated carbocycles. The summed E-state index contributed by atoms with van der Waals surface area (Å²) in [6.45, 7) is 31.8. The smallest absolute Gasteiger partial charge is 0.466 e. The number of nitro benzene ring substituents is 1. The molecular formula is C109H180BCl3N10O20S. The largest absolute Gasteiger partial charge is 0.519 e. The standard InChI is InChI=1S/C21H34N2O3.2C16H26N2O.C16H22N2O.C10H18O5.C9H8N2O3.C7H12O.2C4H8O2.C4H8O.CH3B.CH4S.3ClH/c1-21(2,3)26-20(25)22-13-12-19(24)17-10-7-11-18(14-17)23-15-16-8-5-4-6-9-16;3*17-10-9-16(19)14-7-4-8-15(11-14)18-12-13-5-2-1-3-6-13;1-9(2,3)14-7(11)13-8(12)15-10(4,5)6;10-5-4-9(12)7-2-1-3-8(6-7)11(13)14;8-6-7-4-2-1-3-5-7;2*1-3-6-4(2)5;1-2-4-5-3-1;2*1-2;;;/h7,10-11,14,16,19,23-24H,4-6,8-9,12-13,15H2,1-3H3,(H,22,25);2*4,7-8,11,13,16,18-19H,1-3,5-6,9-10,12,17H2;4,7-8,11,13,16,18-19H,1-3,5-6,9,12H2;1-6H3;1-3,6,9,12H,4H2;6-7H,1-5H2;2*3H2,1-2H3;1-4H2;1H3;2H,1H3;3*1H. The number of nitro groups is 1. The Hall–Kier alpha value is -8.74. The molecule has 5 aromatic rings. The van der Waals surface area contributed by atoms with E-state index in [4.69, 9.17) is 40.9 Å². The van der Waals surface area contributed by atoms with E-state index >= 15 is 0 Å². The van der Waals surface area contributed by atoms with Gasteiger partial charge in [-0.25, -0.2) is 14.4 Å². The Bertz CT molecular complexity index is 4080. The maximum Gasteiger partial charge on any atom is 0.519 e. The molecule has 6 fully saturated rings. The SMILES string of the molecule is C1CCOC1.CC(C)(C)OC(=O)NCCC(O)c1cccc(NCC2CCCCC2)c1.CC(C)(C)OC(=O)OC(=O)OC(C)(C)C.CCOC(C)=O.CCOC(C)=O.CS.Cl.Cl.Cl.N#CCC(O)c1cccc(NCC2CCCCC2)c1.N#CCC(O)c1cccc([N+](=O)[O-])c1.NCCC(O)c1cccc(NCC2CCCCC2)c1.NCCC(O)c1cccc(NCC2CCCCC2)c1.O=CC1CCCCC1.[B]C. The summed E-state index contributed by atoms with van der Waals surface area (Å²) >= 11 is 3.53. The maximum absolute atomic E-state index is 11.6. The highest BCUT2D eigenvalue weighted by Gasteiger charge is 2.26. The molecular weight excluding hydrogens is 1920 g/mol. The molecule has 0 aromatic heterocycles. The molecule has 11 rings (SSSR count). The number of nitrogens with zero attached hydrogens (tertiary/aromatic N) is 3. The van der Waals surface area contributed by atoms with Crippen LogP contribution < -0.4 is 38.1 Å². The number of halogens is 3. The van der Waals surface area contributed by atoms with Crippen LogP contribution in [0.5, 0.6) is 0 Å². The van der Waals surface area contributed by atoms with Gasteiger partial charge in [-0.15, -0.1) is 37.2 Å². The summed E-state index contributed by atoms with van der Waals surface area (Å²) in [5.74, 6) is 3.15. The highest BCUT2D eigenvalue weighted by atomic mass is 35.5. The average molecular weight is 2100 g/mol. The van der Waals surface area contributed by atoms with Crippen LogP contribution in [0.4, 0.5) is 42.8 Å². The number of esters is 2. The van der Waals surface area contributed by atoms with Gasteiger partial charge in [-0.2, -0.15) is 23.2 Å². The summed E-state index contributed by atoms with van der Waals surface area (Å²) in [5, 5.41) is 93.5. The number of thiol groups is 1. The number of hydrogen-bond acceptors (Lipinski definition) is 29. The number of aliphatic hydroxyl groups excluding tert-OH is 5. The van der Waals surface area contributed by atoms with E-state index in [0.29, 0.717) is 63.6 Å². The van der Waals surface area contributed by atoms with Gasteiger partial charge in [-0.3, -0.25) is 19.7 Å². The lowest BCUT2D eigenvalue weighted by molar-refractivity contribution is -0.385. The number of aliphatic hydroxyl groups is 5. The van der Waals surface area contributed by atoms with E-state index in [0.717, 1.165) is 127 Å². The number of carbonyl (C=O) groups is 6. The molecule has 5 aliphatic carbocycles. The summed E-state index contributed by atoms with van der Waals surface area (Å²) in [6.07, 6.45) is 34.7. The van der Waals surface area contributed by atoms with Crippen LogP contribution in [-0.4, -0.2) is 170 Å². The summed E-state index contributed by atoms with van der Waals surface area (Å²) in [6, 6.07) is 41.3. The number of nitrogens with one attached hydrogen (secondary N) is 5. The molecule has 14 N–H and O–H groups in total. The van der Waals surface area contributed by atoms with Gasteiger partial charge >= 0.3 is 30.3 Å². The van der Waals surface area contributed by atoms with E-state index in [9.17, 15) is 64.4 Å². The van der Waals surface area contributed by atoms with Gasteiger partial charge in [-0.05, 0) is 292 Å². The second-order valence-electron chi connectivity index (χ2n) is 38.3. The van der Waals surface area contributed by atoms with Crippen molar-refractivity contribution in [3.8, 4) is 12.1 Å². The van der Waals surface area contributed by atoms with Crippen molar-refractivity contribution in [1.82, 2.24) is 5.32 Å². The van der Waals surface area contributed by atoms with Crippen molar-refractivity contribution in [2.75, 3.05) is 99.8 Å². The maximum atomic E-state index is 11.6. The first kappa shape index (κ1) is 142. The molecule has 816 valence electrons. The van der Waals surface area contributed by atoms with Crippen LogP contribution in [0.2, 0.25) is 6.82 Å². The zero-order chi connectivity index (χ0) is 106. The number of hydrogen-bond donors (Lipinski definition) is 13. The van der Waals surface area contributed by atoms with Gasteiger partial charge < -0.3 is 102 Å². The first-order valence-corrected chi connectivity index (χ1v) is 51.8. The molecule has 30 nitrogen and oxygen atoms in total. The first-order chi connectivity index (χ1) is 67.3. The van der Waals surface area contributed by atoms with Crippen LogP contribution in [0.25, 0.3) is 0 Å². The molecule has 1 aliphatic heterocycles. The summed E-state index contributed by atoms with van der Waals surface area (Å²) in [5.41, 5.74) is 17.3. The van der Waals surface area contributed by atoms with Gasteiger partial charge in [0.2, 0.25) is 0 Å². The Kier molecular flexibility index (Phi) is 85.8. The fraction of sp³-hybridized carbons (Fsp3) is 0.651. The Morgan fingerprint density at radius 1 is 0.458 bits per heavy atom. The van der Waals surface area contributed by atoms with Crippen molar-refractivity contribution in [1.29, 1.82) is 10.5 Å². The highest BCUT2D eigenvalue weighted by Crippen LogP contribution is 2.32. The number of alkyl carbamates (subject to hydrolysis) is 1. The minimum atomic E-state index is -1.06. The van der Waals surface area contributed by atoms with Crippen LogP contribution in [0.15, 0.2) is 121 Å². The number of nitrogens with two attached hydrogens (primary N) is 2. The lowest BCUT2D eigenvalue weighted by Crippen LogP contribution is -2.33. The van der Waals surface area contributed by atoms with Crippen molar-refractivity contribution >= 4 is 123 Å². The Morgan fingerprint density at radius 3 is 0.972 bits per heavy atom. The number of nitriles is 2. The van der Waals surface area contributed by atoms with Gasteiger partial charge in [0.25, 0.3) is 5.69 Å². The molecule has 5 unspecified atom stereocenters. The van der Waals surface area contributed by atoms with Gasteiger partial charge in [0.1, 0.15) is 23.1 Å². The van der Waals surface area contributed by atoms with E-state index < -0.39 is 70.7 Å². The van der Waals surface area contributed by atoms with E-state index in [-0.39, 0.29) is 67.7 Å². The summed E-state index contributed by atoms with van der Waals surface area (Å²) in [4.78, 5) is 73.3. The third-order valence-corrected chi connectivity index (χ3v) is 22.7. The Labute approximate surface area is 887 Å². The monoisotopic (exact) mass is 2100 g/mol. The lowest BCUT2D eigenvalue weighted by Gasteiger charge is -2.22. The van der Waals surface area contributed by atoms with Crippen molar-refractivity contribution in [3.63, 3.8) is 0 Å². The number of rotatable bonds is 30. The molecule has 0 bridgehead atoms. The van der Waals surface area contributed by atoms with Crippen molar-refractivity contribution in [2.45, 2.75) is 350 Å². The molecule has 1 amide bonds. The van der Waals surface area contributed by atoms with E-state index in [1.165, 1.54) is 199 Å². The van der Waals surface area contributed by atoms with E-state index in [2.05, 4.69) is 73.4 Å². The fourth-order valence-electron chi connectivity index (χ4n) is 15.5. The normalized spacial score (nSPS) is 15.4. The molecule has 6 aliphatic rings. The predicted molar refractivity (Wildman–Crippen MR) is 590 cm³/mol. The summed E-state index contributed by atoms with van der Waals surface area (Å²) in [7, 11) is 4.50. The van der Waals surface area contributed by atoms with Gasteiger partial charge in [0, 0.05) is 101 Å². The predicted octanol–water partition coefficient (Wildman–Crippen LogP) is 24.5. The quantitative estimate of drug-likeness (QED) is 0.00297. The van der Waals surface area contributed by atoms with Gasteiger partial charge in [0.15, 0.2) is 0 Å². The average Bonchev–Trinajstić information content (AvgIpc) is 0.962. The van der Waals surface area contributed by atoms with Crippen molar-refractivity contribution < 1.29 is 92.4 Å². The molecule has 35 heteroatoms. The third kappa shape index (κ3) is 75.9. The van der Waals surface area contributed by atoms with Crippen LogP contribution in [-0.2, 0) is 47.5 Å². The van der Waals surface area contributed by atoms with Gasteiger partial charge in [0.05, 0.1) is 81.5 Å². The number of non-ortho nitro benzene ring substituents is 1. The molecule has 1 heterocycles. The van der Waals surface area contributed by atoms with Crippen molar-refractivity contribution in [2.24, 2.45) is 41.1 Å². The number of aldehydes is 1. The highest BCUT2D eigenvalue weighted by molar-refractivity contribution is 7.79. The topological polar surface area (TPSA) is 471 Å². The molecule has 144 heavy (non-hydrogen) atoms. The third-order valence-electron chi connectivity index (χ3n) is 22.7. The first-order valence-electron chi connectivity index (χ1n) is 50.9. The van der Waals surface area contributed by atoms with Gasteiger partial charge in [-0.1, -0.05) is 164 Å². The zero-order valence-corrected chi connectivity index (χ0v) is 92.3. The second kappa shape index (κ2) is 87.3. The lowest BCUT2D eigenvalue weighted by atomic mass is 9.89. The number of amides is 1. The number of benzene rings is 5. The molecule has 1 saturated heterocycles. The zero-order valence-electron chi connectivity index (χ0n) is 88.9. The van der Waals surface area contributed by atoms with Crippen LogP contribution in [0.1, 0.15) is 354 Å². The van der Waals surface area contributed by atoms with Crippen LogP contribution in [0, 0.1) is 62.4 Å². The molecule has 2 radical (unpaired) electrons. The number of ether oxygens (including phenoxy) is 7. The van der Waals surface area contributed by atoms with Crippen LogP contribution in [0.3, 0.4) is 0 Å². The second-order valence-corrected chi connectivity index (χ2v) is 38.3.